The second-order valence-electron chi connectivity index (χ2n) is 2.48. The highest BCUT2D eigenvalue weighted by atomic mass is 16.4. The van der Waals surface area contributed by atoms with Gasteiger partial charge in [0, 0.05) is 5.57 Å². The van der Waals surface area contributed by atoms with E-state index in [1.807, 2.05) is 13.8 Å². The molecule has 0 rings (SSSR count). The maximum atomic E-state index is 9.86. The summed E-state index contributed by atoms with van der Waals surface area (Å²) in [6, 6.07) is 0. The number of aliphatic carboxylic acids is 1. The molecule has 0 aliphatic rings. The van der Waals surface area contributed by atoms with E-state index in [-0.39, 0.29) is 0 Å². The molecule has 0 aromatic rings. The quantitative estimate of drug-likeness (QED) is 0.468. The van der Waals surface area contributed by atoms with Crippen LogP contribution in [0.25, 0.3) is 0 Å². The number of rotatable bonds is 1. The van der Waals surface area contributed by atoms with Crippen molar-refractivity contribution in [3.8, 4) is 0 Å². The van der Waals surface area contributed by atoms with Gasteiger partial charge in [0.2, 0.25) is 0 Å². The third kappa shape index (κ3) is 17.6. The molecule has 0 atom stereocenters. The van der Waals surface area contributed by atoms with Crippen molar-refractivity contribution in [1.29, 1.82) is 0 Å². The number of hydrogen-bond acceptors (Lipinski definition) is 1. The van der Waals surface area contributed by atoms with Crippen molar-refractivity contribution in [3.63, 3.8) is 0 Å². The Hall–Kier alpha value is -1.05. The van der Waals surface area contributed by atoms with Crippen LogP contribution in [0.15, 0.2) is 23.8 Å². The van der Waals surface area contributed by atoms with Gasteiger partial charge in [-0.15, -0.1) is 6.58 Å². The molecule has 64 valence electrons. The Morgan fingerprint density at radius 2 is 1.64 bits per heavy atom. The van der Waals surface area contributed by atoms with Crippen LogP contribution >= 0.6 is 0 Å². The third-order valence-corrected chi connectivity index (χ3v) is 0.770. The summed E-state index contributed by atoms with van der Waals surface area (Å²) in [5, 5.41) is 8.11. The Morgan fingerprint density at radius 3 is 1.64 bits per heavy atom. The van der Waals surface area contributed by atoms with Crippen LogP contribution in [0, 0.1) is 0 Å². The first-order valence-corrected chi connectivity index (χ1v) is 3.40. The van der Waals surface area contributed by atoms with Gasteiger partial charge in [0.25, 0.3) is 0 Å². The van der Waals surface area contributed by atoms with Crippen molar-refractivity contribution >= 4 is 5.97 Å². The van der Waals surface area contributed by atoms with E-state index >= 15 is 0 Å². The summed E-state index contributed by atoms with van der Waals surface area (Å²) in [5.41, 5.74) is 1.56. The largest absolute Gasteiger partial charge is 0.478 e. The smallest absolute Gasteiger partial charge is 0.330 e. The van der Waals surface area contributed by atoms with Gasteiger partial charge in [-0.3, -0.25) is 0 Å². The van der Waals surface area contributed by atoms with Crippen molar-refractivity contribution < 1.29 is 9.90 Å². The molecule has 11 heavy (non-hydrogen) atoms. The summed E-state index contributed by atoms with van der Waals surface area (Å²) in [4.78, 5) is 9.86. The molecule has 0 spiro atoms. The van der Waals surface area contributed by atoms with Gasteiger partial charge < -0.3 is 5.11 Å². The minimum absolute atomic E-state index is 0.389. The van der Waals surface area contributed by atoms with Gasteiger partial charge in [0.05, 0.1) is 0 Å². The number of carbonyl (C=O) groups is 1. The van der Waals surface area contributed by atoms with Crippen molar-refractivity contribution in [3.05, 3.63) is 23.8 Å². The number of allylic oxidation sites excluding steroid dienone is 2. The van der Waals surface area contributed by atoms with Gasteiger partial charge in [-0.25, -0.2) is 4.79 Å². The molecule has 0 saturated heterocycles. The zero-order valence-corrected chi connectivity index (χ0v) is 7.64. The third-order valence-electron chi connectivity index (χ3n) is 0.770. The van der Waals surface area contributed by atoms with Crippen molar-refractivity contribution in [1.82, 2.24) is 0 Å². The molecule has 0 radical (unpaired) electrons. The Morgan fingerprint density at radius 1 is 1.36 bits per heavy atom. The monoisotopic (exact) mass is 156 g/mol. The van der Waals surface area contributed by atoms with Gasteiger partial charge in [0.1, 0.15) is 0 Å². The summed E-state index contributed by atoms with van der Waals surface area (Å²) in [5.74, 6) is -0.845. The van der Waals surface area contributed by atoms with E-state index in [9.17, 15) is 4.79 Å². The minimum Gasteiger partial charge on any atom is -0.478 e. The van der Waals surface area contributed by atoms with E-state index in [0.29, 0.717) is 5.57 Å². The highest BCUT2D eigenvalue weighted by Gasteiger charge is 1.93. The maximum absolute atomic E-state index is 9.86. The Kier molecular flexibility index (Phi) is 8.10. The lowest BCUT2D eigenvalue weighted by Crippen LogP contribution is -1.93. The molecular weight excluding hydrogens is 140 g/mol. The first-order valence-electron chi connectivity index (χ1n) is 3.40. The molecule has 0 aliphatic heterocycles. The molecule has 0 fully saturated rings. The fourth-order valence-electron chi connectivity index (χ4n) is 0.123. The van der Waals surface area contributed by atoms with Crippen molar-refractivity contribution in [2.24, 2.45) is 0 Å². The Labute approximate surface area is 68.2 Å². The molecule has 0 amide bonds. The molecule has 0 aliphatic carbocycles. The average Bonchev–Trinajstić information content (AvgIpc) is 1.85. The van der Waals surface area contributed by atoms with Gasteiger partial charge >= 0.3 is 5.97 Å². The predicted octanol–water partition coefficient (Wildman–Crippen LogP) is 2.62. The first kappa shape index (κ1) is 12.6. The van der Waals surface area contributed by atoms with Crippen LogP contribution < -0.4 is 0 Å². The topological polar surface area (TPSA) is 37.3 Å². The summed E-state index contributed by atoms with van der Waals surface area (Å²) in [7, 11) is 0. The van der Waals surface area contributed by atoms with Gasteiger partial charge in [0.15, 0.2) is 0 Å². The molecule has 2 heteroatoms. The lowest BCUT2D eigenvalue weighted by atomic mass is 10.3. The van der Waals surface area contributed by atoms with E-state index in [2.05, 4.69) is 6.58 Å². The second kappa shape index (κ2) is 7.06. The average molecular weight is 156 g/mol. The van der Waals surface area contributed by atoms with E-state index in [0.717, 1.165) is 0 Å². The zero-order valence-electron chi connectivity index (χ0n) is 7.64. The van der Waals surface area contributed by atoms with Gasteiger partial charge in [-0.1, -0.05) is 11.6 Å². The summed E-state index contributed by atoms with van der Waals surface area (Å²) in [6.07, 6.45) is 1.56. The normalized spacial score (nSPS) is 9.64. The molecule has 0 heterocycles. The molecular formula is C9H16O2. The lowest BCUT2D eigenvalue weighted by molar-refractivity contribution is -0.132. The van der Waals surface area contributed by atoms with Gasteiger partial charge in [-0.05, 0) is 27.7 Å². The van der Waals surface area contributed by atoms with Crippen molar-refractivity contribution in [2.75, 3.05) is 0 Å². The zero-order chi connectivity index (χ0) is 9.44. The second-order valence-corrected chi connectivity index (χ2v) is 2.48. The molecule has 0 aromatic carbocycles. The van der Waals surface area contributed by atoms with E-state index in [1.54, 1.807) is 19.9 Å². The van der Waals surface area contributed by atoms with Gasteiger partial charge in [-0.2, -0.15) is 0 Å². The van der Waals surface area contributed by atoms with Crippen LogP contribution in [0.4, 0.5) is 0 Å². The molecule has 2 nitrogen and oxygen atoms in total. The summed E-state index contributed by atoms with van der Waals surface area (Å²) < 4.78 is 0. The SMILES string of the molecule is C=C(C)C.CC=C(C)C(=O)O. The highest BCUT2D eigenvalue weighted by molar-refractivity contribution is 5.85. The predicted molar refractivity (Wildman–Crippen MR) is 47.6 cm³/mol. The maximum Gasteiger partial charge on any atom is 0.330 e. The summed E-state index contributed by atoms with van der Waals surface area (Å²) >= 11 is 0. The Balaban J connectivity index is 0. The standard InChI is InChI=1S/C5H8O2.C4H8/c1-3-4(2)5(6)7;1-4(2)3/h3H,1-2H3,(H,6,7);1H2,2-3H3. The number of carboxylic acid groups (broad SMARTS) is 1. The van der Waals surface area contributed by atoms with Crippen LogP contribution in [0.3, 0.4) is 0 Å². The molecule has 0 bridgehead atoms. The molecule has 0 aromatic heterocycles. The van der Waals surface area contributed by atoms with E-state index < -0.39 is 5.97 Å². The van der Waals surface area contributed by atoms with Crippen LogP contribution in [0.5, 0.6) is 0 Å². The van der Waals surface area contributed by atoms with E-state index in [4.69, 9.17) is 5.11 Å². The van der Waals surface area contributed by atoms with E-state index in [1.165, 1.54) is 5.57 Å². The van der Waals surface area contributed by atoms with Crippen LogP contribution in [0.1, 0.15) is 27.7 Å². The first-order chi connectivity index (χ1) is 4.91. The molecule has 0 saturated carbocycles. The molecule has 1 N–H and O–H groups in total. The van der Waals surface area contributed by atoms with Crippen LogP contribution in [-0.2, 0) is 4.79 Å². The highest BCUT2D eigenvalue weighted by Crippen LogP contribution is 1.87. The summed E-state index contributed by atoms with van der Waals surface area (Å²) in [6.45, 7) is 10.8. The Bertz CT molecular complexity index is 162. The van der Waals surface area contributed by atoms with Crippen LogP contribution in [0.2, 0.25) is 0 Å². The fraction of sp³-hybridized carbons (Fsp3) is 0.444. The minimum atomic E-state index is -0.845. The number of hydrogen-bond donors (Lipinski definition) is 1. The fourth-order valence-corrected chi connectivity index (χ4v) is 0.123. The van der Waals surface area contributed by atoms with Crippen LogP contribution in [-0.4, -0.2) is 11.1 Å². The number of carboxylic acids is 1. The lowest BCUT2D eigenvalue weighted by Gasteiger charge is -1.84. The molecule has 0 unspecified atom stereocenters. The van der Waals surface area contributed by atoms with Crippen molar-refractivity contribution in [2.45, 2.75) is 27.7 Å².